The summed E-state index contributed by atoms with van der Waals surface area (Å²) in [7, 11) is 0. The Hall–Kier alpha value is -2.24. The van der Waals surface area contributed by atoms with Crippen molar-refractivity contribution in [3.05, 3.63) is 50.1 Å². The zero-order chi connectivity index (χ0) is 13.1. The van der Waals surface area contributed by atoms with Crippen LogP contribution in [0.5, 0.6) is 0 Å². The SMILES string of the molecule is O=[N+]([O-])c1cc(C2=CCCCC2)cc([N+](=O)[O-])c1. The Kier molecular flexibility index (Phi) is 3.36. The number of nitro benzene ring substituents is 2. The third-order valence-electron chi connectivity index (χ3n) is 2.99. The highest BCUT2D eigenvalue weighted by Crippen LogP contribution is 2.32. The summed E-state index contributed by atoms with van der Waals surface area (Å²) in [5.74, 6) is 0. The molecule has 0 fully saturated rings. The zero-order valence-electron chi connectivity index (χ0n) is 9.67. The molecular weight excluding hydrogens is 236 g/mol. The summed E-state index contributed by atoms with van der Waals surface area (Å²) in [4.78, 5) is 20.4. The molecule has 18 heavy (non-hydrogen) atoms. The first-order valence-corrected chi connectivity index (χ1v) is 5.71. The molecule has 1 aliphatic carbocycles. The summed E-state index contributed by atoms with van der Waals surface area (Å²) >= 11 is 0. The number of nitrogens with zero attached hydrogens (tertiary/aromatic N) is 2. The van der Waals surface area contributed by atoms with Gasteiger partial charge in [0.2, 0.25) is 0 Å². The third kappa shape index (κ3) is 2.53. The standard InChI is InChI=1S/C12H12N2O4/c15-13(16)11-6-10(7-12(8-11)14(17)18)9-4-2-1-3-5-9/h4,6-8H,1-3,5H2. The second-order valence-corrected chi connectivity index (χ2v) is 4.23. The molecule has 0 heterocycles. The summed E-state index contributed by atoms with van der Waals surface area (Å²) in [5, 5.41) is 21.5. The van der Waals surface area contributed by atoms with Gasteiger partial charge in [-0.3, -0.25) is 20.2 Å². The lowest BCUT2D eigenvalue weighted by molar-refractivity contribution is -0.394. The molecular formula is C12H12N2O4. The molecule has 0 amide bonds. The van der Waals surface area contributed by atoms with Crippen LogP contribution in [0.4, 0.5) is 11.4 Å². The predicted octanol–water partition coefficient (Wildman–Crippen LogP) is 3.46. The molecule has 0 saturated heterocycles. The minimum Gasteiger partial charge on any atom is -0.258 e. The topological polar surface area (TPSA) is 86.3 Å². The fourth-order valence-corrected chi connectivity index (χ4v) is 2.09. The highest BCUT2D eigenvalue weighted by molar-refractivity contribution is 5.70. The van der Waals surface area contributed by atoms with E-state index in [4.69, 9.17) is 0 Å². The number of allylic oxidation sites excluding steroid dienone is 2. The second-order valence-electron chi connectivity index (χ2n) is 4.23. The molecule has 0 N–H and O–H groups in total. The fraction of sp³-hybridized carbons (Fsp3) is 0.333. The first kappa shape index (κ1) is 12.2. The molecule has 1 aromatic carbocycles. The van der Waals surface area contributed by atoms with Crippen LogP contribution < -0.4 is 0 Å². The molecule has 2 rings (SSSR count). The maximum atomic E-state index is 10.8. The van der Waals surface area contributed by atoms with Crippen molar-refractivity contribution in [1.82, 2.24) is 0 Å². The van der Waals surface area contributed by atoms with Gasteiger partial charge in [0.1, 0.15) is 0 Å². The number of hydrogen-bond acceptors (Lipinski definition) is 4. The van der Waals surface area contributed by atoms with Crippen LogP contribution in [-0.4, -0.2) is 9.85 Å². The number of hydrogen-bond donors (Lipinski definition) is 0. The molecule has 94 valence electrons. The molecule has 6 nitrogen and oxygen atoms in total. The maximum absolute atomic E-state index is 10.8. The van der Waals surface area contributed by atoms with E-state index in [1.807, 2.05) is 6.08 Å². The molecule has 0 atom stereocenters. The summed E-state index contributed by atoms with van der Waals surface area (Å²) in [6.45, 7) is 0. The van der Waals surface area contributed by atoms with Gasteiger partial charge in [-0.1, -0.05) is 6.08 Å². The molecule has 0 radical (unpaired) electrons. The Balaban J connectivity index is 2.49. The number of non-ortho nitro benzene ring substituents is 2. The van der Waals surface area contributed by atoms with Gasteiger partial charge in [0, 0.05) is 12.1 Å². The smallest absolute Gasteiger partial charge is 0.258 e. The highest BCUT2D eigenvalue weighted by Gasteiger charge is 2.18. The van der Waals surface area contributed by atoms with E-state index >= 15 is 0 Å². The van der Waals surface area contributed by atoms with Crippen LogP contribution in [0.2, 0.25) is 0 Å². The molecule has 0 aromatic heterocycles. The Labute approximate surface area is 103 Å². The van der Waals surface area contributed by atoms with E-state index in [2.05, 4.69) is 0 Å². The van der Waals surface area contributed by atoms with Gasteiger partial charge < -0.3 is 0 Å². The van der Waals surface area contributed by atoms with Crippen LogP contribution in [0.3, 0.4) is 0 Å². The van der Waals surface area contributed by atoms with Gasteiger partial charge in [-0.15, -0.1) is 0 Å². The highest BCUT2D eigenvalue weighted by atomic mass is 16.6. The maximum Gasteiger partial charge on any atom is 0.276 e. The molecule has 6 heteroatoms. The van der Waals surface area contributed by atoms with Crippen molar-refractivity contribution in [2.75, 3.05) is 0 Å². The lowest BCUT2D eigenvalue weighted by Crippen LogP contribution is -1.97. The van der Waals surface area contributed by atoms with Crippen LogP contribution in [0.25, 0.3) is 5.57 Å². The van der Waals surface area contributed by atoms with Gasteiger partial charge in [-0.05, 0) is 36.8 Å². The minimum atomic E-state index is -0.597. The van der Waals surface area contributed by atoms with Crippen molar-refractivity contribution in [3.8, 4) is 0 Å². The lowest BCUT2D eigenvalue weighted by Gasteiger charge is -2.12. The van der Waals surface area contributed by atoms with Crippen molar-refractivity contribution in [3.63, 3.8) is 0 Å². The predicted molar refractivity (Wildman–Crippen MR) is 66.2 cm³/mol. The minimum absolute atomic E-state index is 0.231. The van der Waals surface area contributed by atoms with E-state index in [0.29, 0.717) is 5.56 Å². The van der Waals surface area contributed by atoms with Crippen molar-refractivity contribution < 1.29 is 9.85 Å². The van der Waals surface area contributed by atoms with Crippen molar-refractivity contribution in [2.24, 2.45) is 0 Å². The molecule has 0 aliphatic heterocycles. The molecule has 0 saturated carbocycles. The average Bonchev–Trinajstić information content (AvgIpc) is 2.39. The summed E-state index contributed by atoms with van der Waals surface area (Å²) < 4.78 is 0. The van der Waals surface area contributed by atoms with E-state index in [-0.39, 0.29) is 11.4 Å². The largest absolute Gasteiger partial charge is 0.276 e. The molecule has 0 bridgehead atoms. The van der Waals surface area contributed by atoms with E-state index in [0.717, 1.165) is 37.3 Å². The Morgan fingerprint density at radius 1 is 0.944 bits per heavy atom. The average molecular weight is 248 g/mol. The monoisotopic (exact) mass is 248 g/mol. The van der Waals surface area contributed by atoms with Gasteiger partial charge >= 0.3 is 0 Å². The third-order valence-corrected chi connectivity index (χ3v) is 2.99. The van der Waals surface area contributed by atoms with Crippen molar-refractivity contribution >= 4 is 16.9 Å². The summed E-state index contributed by atoms with van der Waals surface area (Å²) in [6, 6.07) is 3.81. The van der Waals surface area contributed by atoms with Crippen molar-refractivity contribution in [1.29, 1.82) is 0 Å². The molecule has 1 aliphatic rings. The summed E-state index contributed by atoms with van der Waals surface area (Å²) in [6.07, 6.45) is 5.86. The van der Waals surface area contributed by atoms with Gasteiger partial charge in [-0.2, -0.15) is 0 Å². The van der Waals surface area contributed by atoms with Crippen LogP contribution in [0, 0.1) is 20.2 Å². The molecule has 0 unspecified atom stereocenters. The van der Waals surface area contributed by atoms with Gasteiger partial charge in [0.05, 0.1) is 15.9 Å². The quantitative estimate of drug-likeness (QED) is 0.605. The first-order chi connectivity index (χ1) is 8.58. The first-order valence-electron chi connectivity index (χ1n) is 5.71. The number of rotatable bonds is 3. The van der Waals surface area contributed by atoms with Crippen LogP contribution in [-0.2, 0) is 0 Å². The Bertz CT molecular complexity index is 505. The molecule has 1 aromatic rings. The number of benzene rings is 1. The number of nitro groups is 2. The van der Waals surface area contributed by atoms with Crippen LogP contribution >= 0.6 is 0 Å². The van der Waals surface area contributed by atoms with E-state index in [1.165, 1.54) is 12.1 Å². The van der Waals surface area contributed by atoms with Crippen molar-refractivity contribution in [2.45, 2.75) is 25.7 Å². The van der Waals surface area contributed by atoms with E-state index < -0.39 is 9.85 Å². The van der Waals surface area contributed by atoms with Gasteiger partial charge in [-0.25, -0.2) is 0 Å². The Morgan fingerprint density at radius 2 is 1.56 bits per heavy atom. The second kappa shape index (κ2) is 4.95. The van der Waals surface area contributed by atoms with E-state index in [1.54, 1.807) is 0 Å². The Morgan fingerprint density at radius 3 is 2.00 bits per heavy atom. The summed E-state index contributed by atoms with van der Waals surface area (Å²) in [5.41, 5.74) is 1.10. The van der Waals surface area contributed by atoms with Crippen LogP contribution in [0.15, 0.2) is 24.3 Å². The zero-order valence-corrected chi connectivity index (χ0v) is 9.67. The normalized spacial score (nSPS) is 15.0. The molecule has 0 spiro atoms. The van der Waals surface area contributed by atoms with E-state index in [9.17, 15) is 20.2 Å². The van der Waals surface area contributed by atoms with Gasteiger partial charge in [0.25, 0.3) is 11.4 Å². The lowest BCUT2D eigenvalue weighted by atomic mass is 9.93. The van der Waals surface area contributed by atoms with Crippen LogP contribution in [0.1, 0.15) is 31.2 Å². The van der Waals surface area contributed by atoms with Gasteiger partial charge in [0.15, 0.2) is 0 Å². The fourth-order valence-electron chi connectivity index (χ4n) is 2.09.